The largest absolute Gasteiger partial charge is 0.393 e. The van der Waals surface area contributed by atoms with Crippen LogP contribution in [0.25, 0.3) is 0 Å². The standard InChI is InChI=1S/C8H10BrNO2.C2H6/c1-5-6(7(12)4-11)2-3-8(9)10-5;1-2/h2-3,7,11-12H,4H2,1H3;1-2H3. The number of aliphatic hydroxyl groups excluding tert-OH is 2. The molecule has 0 saturated heterocycles. The Morgan fingerprint density at radius 3 is 2.43 bits per heavy atom. The van der Waals surface area contributed by atoms with E-state index in [1.807, 2.05) is 13.8 Å². The van der Waals surface area contributed by atoms with Gasteiger partial charge in [0.1, 0.15) is 10.7 Å². The summed E-state index contributed by atoms with van der Waals surface area (Å²) in [5.74, 6) is 0. The van der Waals surface area contributed by atoms with Gasteiger partial charge in [0.05, 0.1) is 6.61 Å². The molecule has 0 amide bonds. The molecule has 14 heavy (non-hydrogen) atoms. The van der Waals surface area contributed by atoms with Crippen LogP contribution < -0.4 is 0 Å². The number of hydrogen-bond donors (Lipinski definition) is 2. The number of aryl methyl sites for hydroxylation is 1. The van der Waals surface area contributed by atoms with Crippen molar-refractivity contribution in [3.05, 3.63) is 28.0 Å². The Kier molecular flexibility index (Phi) is 6.70. The summed E-state index contributed by atoms with van der Waals surface area (Å²) in [5.41, 5.74) is 1.40. The van der Waals surface area contributed by atoms with Gasteiger partial charge in [0.15, 0.2) is 0 Å². The van der Waals surface area contributed by atoms with Crippen LogP contribution in [-0.2, 0) is 0 Å². The van der Waals surface area contributed by atoms with E-state index in [2.05, 4.69) is 20.9 Å². The Morgan fingerprint density at radius 1 is 1.43 bits per heavy atom. The zero-order valence-corrected chi connectivity index (χ0v) is 10.2. The summed E-state index contributed by atoms with van der Waals surface area (Å²) in [7, 11) is 0. The Balaban J connectivity index is 0.000000791. The zero-order valence-electron chi connectivity index (χ0n) is 8.66. The molecule has 0 aromatic carbocycles. The van der Waals surface area contributed by atoms with Crippen molar-refractivity contribution in [1.29, 1.82) is 0 Å². The average Bonchev–Trinajstić information content (AvgIpc) is 2.20. The highest BCUT2D eigenvalue weighted by Gasteiger charge is 2.09. The normalized spacial score (nSPS) is 11.6. The van der Waals surface area contributed by atoms with Gasteiger partial charge in [-0.25, -0.2) is 4.98 Å². The lowest BCUT2D eigenvalue weighted by molar-refractivity contribution is 0.0948. The van der Waals surface area contributed by atoms with Crippen molar-refractivity contribution in [1.82, 2.24) is 4.98 Å². The lowest BCUT2D eigenvalue weighted by Crippen LogP contribution is -2.05. The molecule has 0 fully saturated rings. The second kappa shape index (κ2) is 6.92. The minimum atomic E-state index is -0.828. The third kappa shape index (κ3) is 3.74. The molecule has 0 radical (unpaired) electrons. The first-order chi connectivity index (χ1) is 6.65. The van der Waals surface area contributed by atoms with Crippen LogP contribution >= 0.6 is 15.9 Å². The molecular formula is C10H16BrNO2. The maximum absolute atomic E-state index is 9.30. The molecule has 1 atom stereocenters. The zero-order chi connectivity index (χ0) is 11.1. The van der Waals surface area contributed by atoms with Gasteiger partial charge in [0.25, 0.3) is 0 Å². The van der Waals surface area contributed by atoms with E-state index < -0.39 is 6.10 Å². The molecule has 0 aliphatic carbocycles. The van der Waals surface area contributed by atoms with Crippen LogP contribution in [0.3, 0.4) is 0 Å². The molecule has 0 aliphatic heterocycles. The number of rotatable bonds is 2. The monoisotopic (exact) mass is 261 g/mol. The molecule has 1 aromatic rings. The van der Waals surface area contributed by atoms with Gasteiger partial charge in [-0.05, 0) is 28.9 Å². The summed E-state index contributed by atoms with van der Waals surface area (Å²) in [6.45, 7) is 5.52. The van der Waals surface area contributed by atoms with Crippen LogP contribution in [0.2, 0.25) is 0 Å². The van der Waals surface area contributed by atoms with Crippen molar-refractivity contribution in [2.45, 2.75) is 26.9 Å². The van der Waals surface area contributed by atoms with Gasteiger partial charge < -0.3 is 10.2 Å². The van der Waals surface area contributed by atoms with Crippen LogP contribution in [-0.4, -0.2) is 21.8 Å². The molecule has 0 saturated carbocycles. The first kappa shape index (κ1) is 13.5. The molecule has 4 heteroatoms. The lowest BCUT2D eigenvalue weighted by atomic mass is 10.1. The summed E-state index contributed by atoms with van der Waals surface area (Å²) in [6.07, 6.45) is -0.828. The van der Waals surface area contributed by atoms with Gasteiger partial charge in [-0.2, -0.15) is 0 Å². The van der Waals surface area contributed by atoms with E-state index in [-0.39, 0.29) is 6.61 Å². The SMILES string of the molecule is CC.Cc1nc(Br)ccc1C(O)CO. The number of aromatic nitrogens is 1. The Labute approximate surface area is 92.9 Å². The Hall–Kier alpha value is -0.450. The number of halogens is 1. The van der Waals surface area contributed by atoms with Gasteiger partial charge in [-0.15, -0.1) is 0 Å². The molecule has 1 aromatic heterocycles. The van der Waals surface area contributed by atoms with Crippen LogP contribution in [0.1, 0.15) is 31.2 Å². The average molecular weight is 262 g/mol. The van der Waals surface area contributed by atoms with Gasteiger partial charge in [0.2, 0.25) is 0 Å². The van der Waals surface area contributed by atoms with E-state index >= 15 is 0 Å². The fourth-order valence-electron chi connectivity index (χ4n) is 0.992. The molecule has 1 rings (SSSR count). The smallest absolute Gasteiger partial charge is 0.106 e. The maximum Gasteiger partial charge on any atom is 0.106 e. The van der Waals surface area contributed by atoms with E-state index in [0.29, 0.717) is 5.56 Å². The molecular weight excluding hydrogens is 246 g/mol. The van der Waals surface area contributed by atoms with Gasteiger partial charge in [-0.1, -0.05) is 19.9 Å². The minimum absolute atomic E-state index is 0.274. The second-order valence-corrected chi connectivity index (χ2v) is 3.32. The van der Waals surface area contributed by atoms with Crippen LogP contribution in [0.4, 0.5) is 0 Å². The molecule has 1 heterocycles. The van der Waals surface area contributed by atoms with E-state index in [1.165, 1.54) is 0 Å². The van der Waals surface area contributed by atoms with Crippen molar-refractivity contribution < 1.29 is 10.2 Å². The number of aliphatic hydroxyl groups is 2. The number of pyridine rings is 1. The number of nitrogens with zero attached hydrogens (tertiary/aromatic N) is 1. The molecule has 0 bridgehead atoms. The Morgan fingerprint density at radius 2 is 2.00 bits per heavy atom. The highest BCUT2D eigenvalue weighted by Crippen LogP contribution is 2.17. The highest BCUT2D eigenvalue weighted by molar-refractivity contribution is 9.10. The van der Waals surface area contributed by atoms with Crippen molar-refractivity contribution in [2.75, 3.05) is 6.61 Å². The van der Waals surface area contributed by atoms with Crippen LogP contribution in [0.5, 0.6) is 0 Å². The molecule has 0 aliphatic rings. The predicted molar refractivity (Wildman–Crippen MR) is 60.1 cm³/mol. The van der Waals surface area contributed by atoms with Gasteiger partial charge in [-0.3, -0.25) is 0 Å². The van der Waals surface area contributed by atoms with Gasteiger partial charge >= 0.3 is 0 Å². The van der Waals surface area contributed by atoms with E-state index in [4.69, 9.17) is 5.11 Å². The second-order valence-electron chi connectivity index (χ2n) is 2.51. The molecule has 1 unspecified atom stereocenters. The summed E-state index contributed by atoms with van der Waals surface area (Å²) >= 11 is 3.21. The molecule has 3 nitrogen and oxygen atoms in total. The van der Waals surface area contributed by atoms with Crippen molar-refractivity contribution in [2.24, 2.45) is 0 Å². The number of hydrogen-bond acceptors (Lipinski definition) is 3. The minimum Gasteiger partial charge on any atom is -0.393 e. The van der Waals surface area contributed by atoms with Gasteiger partial charge in [0, 0.05) is 11.3 Å². The molecule has 0 spiro atoms. The summed E-state index contributed by atoms with van der Waals surface area (Å²) in [5, 5.41) is 18.0. The van der Waals surface area contributed by atoms with Crippen molar-refractivity contribution in [3.63, 3.8) is 0 Å². The lowest BCUT2D eigenvalue weighted by Gasteiger charge is -2.09. The van der Waals surface area contributed by atoms with Crippen molar-refractivity contribution >= 4 is 15.9 Å². The summed E-state index contributed by atoms with van der Waals surface area (Å²) in [4.78, 5) is 4.09. The fraction of sp³-hybridized carbons (Fsp3) is 0.500. The highest BCUT2D eigenvalue weighted by atomic mass is 79.9. The summed E-state index contributed by atoms with van der Waals surface area (Å²) < 4.78 is 0.730. The van der Waals surface area contributed by atoms with E-state index in [1.54, 1.807) is 19.1 Å². The first-order valence-electron chi connectivity index (χ1n) is 4.57. The third-order valence-corrected chi connectivity index (χ3v) is 2.07. The van der Waals surface area contributed by atoms with Crippen LogP contribution in [0.15, 0.2) is 16.7 Å². The molecule has 2 N–H and O–H groups in total. The summed E-state index contributed by atoms with van der Waals surface area (Å²) in [6, 6.07) is 3.48. The topological polar surface area (TPSA) is 53.4 Å². The fourth-order valence-corrected chi connectivity index (χ4v) is 1.39. The molecule has 80 valence electrons. The third-order valence-electron chi connectivity index (χ3n) is 1.62. The quantitative estimate of drug-likeness (QED) is 0.803. The van der Waals surface area contributed by atoms with Crippen molar-refractivity contribution in [3.8, 4) is 0 Å². The van der Waals surface area contributed by atoms with E-state index in [0.717, 1.165) is 10.3 Å². The Bertz CT molecular complexity index is 279. The maximum atomic E-state index is 9.30. The predicted octanol–water partition coefficient (Wildman–Crippen LogP) is 2.20. The van der Waals surface area contributed by atoms with E-state index in [9.17, 15) is 5.11 Å². The first-order valence-corrected chi connectivity index (χ1v) is 5.36. The van der Waals surface area contributed by atoms with Crippen LogP contribution in [0, 0.1) is 6.92 Å².